The SMILES string of the molecule is Cc1cc(C(N)=O)c2ncnc(N[C@H]3CNC[C@@H]3c3ccccc3)c2c1. The summed E-state index contributed by atoms with van der Waals surface area (Å²) in [4.78, 5) is 20.5. The molecule has 1 aliphatic heterocycles. The molecule has 4 rings (SSSR count). The number of anilines is 1. The maximum atomic E-state index is 11.8. The van der Waals surface area contributed by atoms with Crippen LogP contribution in [0, 0.1) is 6.92 Å². The standard InChI is InChI=1S/C20H21N5O/c1-12-7-14(19(21)26)18-15(8-12)20(24-11-23-18)25-17-10-22-9-16(17)13-5-3-2-4-6-13/h2-8,11,16-17,22H,9-10H2,1H3,(H2,21,26)(H,23,24,25)/t16-,17+/m1/s1. The molecule has 2 atom stereocenters. The molecule has 0 bridgehead atoms. The molecule has 1 saturated heterocycles. The first-order chi connectivity index (χ1) is 12.6. The molecule has 1 aliphatic rings. The number of fused-ring (bicyclic) bond motifs is 1. The van der Waals surface area contributed by atoms with Crippen molar-refractivity contribution in [2.45, 2.75) is 18.9 Å². The van der Waals surface area contributed by atoms with Crippen LogP contribution in [0.3, 0.4) is 0 Å². The summed E-state index contributed by atoms with van der Waals surface area (Å²) < 4.78 is 0. The molecule has 0 unspecified atom stereocenters. The minimum absolute atomic E-state index is 0.202. The van der Waals surface area contributed by atoms with Gasteiger partial charge in [-0.05, 0) is 30.2 Å². The summed E-state index contributed by atoms with van der Waals surface area (Å²) in [5, 5.41) is 7.83. The number of aryl methyl sites for hydroxylation is 1. The van der Waals surface area contributed by atoms with E-state index < -0.39 is 5.91 Å². The van der Waals surface area contributed by atoms with Gasteiger partial charge in [-0.2, -0.15) is 0 Å². The zero-order chi connectivity index (χ0) is 18.1. The van der Waals surface area contributed by atoms with Crippen molar-refractivity contribution in [3.8, 4) is 0 Å². The highest BCUT2D eigenvalue weighted by atomic mass is 16.1. The van der Waals surface area contributed by atoms with E-state index in [2.05, 4.69) is 44.9 Å². The molecule has 4 N–H and O–H groups in total. The Labute approximate surface area is 151 Å². The van der Waals surface area contributed by atoms with E-state index in [4.69, 9.17) is 5.73 Å². The van der Waals surface area contributed by atoms with E-state index in [0.717, 1.165) is 29.9 Å². The average Bonchev–Trinajstić information content (AvgIpc) is 3.10. The van der Waals surface area contributed by atoms with Crippen molar-refractivity contribution in [1.82, 2.24) is 15.3 Å². The van der Waals surface area contributed by atoms with Gasteiger partial charge in [-0.1, -0.05) is 30.3 Å². The Bertz CT molecular complexity index is 957. The number of amides is 1. The lowest BCUT2D eigenvalue weighted by Crippen LogP contribution is -2.27. The minimum Gasteiger partial charge on any atom is -0.366 e. The number of carbonyl (C=O) groups is 1. The van der Waals surface area contributed by atoms with Crippen molar-refractivity contribution in [1.29, 1.82) is 0 Å². The minimum atomic E-state index is -0.479. The fourth-order valence-electron chi connectivity index (χ4n) is 3.67. The Morgan fingerprint density at radius 3 is 2.77 bits per heavy atom. The van der Waals surface area contributed by atoms with Crippen LogP contribution in [-0.2, 0) is 0 Å². The highest BCUT2D eigenvalue weighted by Crippen LogP contribution is 2.29. The Hall–Kier alpha value is -2.99. The first-order valence-electron chi connectivity index (χ1n) is 8.71. The van der Waals surface area contributed by atoms with Gasteiger partial charge in [0.15, 0.2) is 0 Å². The van der Waals surface area contributed by atoms with E-state index in [1.807, 2.05) is 19.1 Å². The second-order valence-corrected chi connectivity index (χ2v) is 6.72. The van der Waals surface area contributed by atoms with Crippen molar-refractivity contribution >= 4 is 22.6 Å². The van der Waals surface area contributed by atoms with Crippen LogP contribution in [0.5, 0.6) is 0 Å². The van der Waals surface area contributed by atoms with Crippen LogP contribution in [-0.4, -0.2) is 35.0 Å². The van der Waals surface area contributed by atoms with Crippen molar-refractivity contribution < 1.29 is 4.79 Å². The number of primary amides is 1. The summed E-state index contributed by atoms with van der Waals surface area (Å²) in [5.41, 5.74) is 8.79. The number of carbonyl (C=O) groups excluding carboxylic acids is 1. The summed E-state index contributed by atoms with van der Waals surface area (Å²) >= 11 is 0. The van der Waals surface area contributed by atoms with Gasteiger partial charge >= 0.3 is 0 Å². The van der Waals surface area contributed by atoms with E-state index in [0.29, 0.717) is 17.0 Å². The number of hydrogen-bond donors (Lipinski definition) is 3. The largest absolute Gasteiger partial charge is 0.366 e. The van der Waals surface area contributed by atoms with Gasteiger partial charge in [-0.25, -0.2) is 9.97 Å². The highest BCUT2D eigenvalue weighted by molar-refractivity contribution is 6.07. The maximum Gasteiger partial charge on any atom is 0.250 e. The third-order valence-corrected chi connectivity index (χ3v) is 4.91. The first-order valence-corrected chi connectivity index (χ1v) is 8.71. The van der Waals surface area contributed by atoms with Crippen molar-refractivity contribution in [3.63, 3.8) is 0 Å². The molecule has 0 saturated carbocycles. The first kappa shape index (κ1) is 16.5. The number of nitrogens with one attached hydrogen (secondary N) is 2. The van der Waals surface area contributed by atoms with Gasteiger partial charge in [0.1, 0.15) is 12.1 Å². The van der Waals surface area contributed by atoms with Gasteiger partial charge in [-0.3, -0.25) is 4.79 Å². The second-order valence-electron chi connectivity index (χ2n) is 6.72. The lowest BCUT2D eigenvalue weighted by molar-refractivity contribution is 0.100. The van der Waals surface area contributed by atoms with Crippen molar-refractivity contribution in [2.24, 2.45) is 5.73 Å². The molecular formula is C20H21N5O. The lowest BCUT2D eigenvalue weighted by Gasteiger charge is -2.22. The molecule has 6 heteroatoms. The summed E-state index contributed by atoms with van der Waals surface area (Å²) in [6.45, 7) is 3.70. The molecule has 2 aromatic carbocycles. The Kier molecular flexibility index (Phi) is 4.26. The van der Waals surface area contributed by atoms with Crippen LogP contribution in [0.15, 0.2) is 48.8 Å². The molecule has 2 heterocycles. The van der Waals surface area contributed by atoms with Gasteiger partial charge in [-0.15, -0.1) is 0 Å². The monoisotopic (exact) mass is 347 g/mol. The maximum absolute atomic E-state index is 11.8. The molecule has 0 spiro atoms. The van der Waals surface area contributed by atoms with E-state index >= 15 is 0 Å². The Balaban J connectivity index is 1.72. The van der Waals surface area contributed by atoms with Gasteiger partial charge in [0.2, 0.25) is 0 Å². The number of nitrogens with two attached hydrogens (primary N) is 1. The van der Waals surface area contributed by atoms with Crippen LogP contribution >= 0.6 is 0 Å². The van der Waals surface area contributed by atoms with E-state index in [1.165, 1.54) is 11.9 Å². The van der Waals surface area contributed by atoms with E-state index in [-0.39, 0.29) is 6.04 Å². The Morgan fingerprint density at radius 1 is 1.19 bits per heavy atom. The summed E-state index contributed by atoms with van der Waals surface area (Å²) in [6, 6.07) is 14.4. The van der Waals surface area contributed by atoms with Crippen molar-refractivity contribution in [2.75, 3.05) is 18.4 Å². The normalized spacial score (nSPS) is 19.6. The molecule has 1 fully saturated rings. The summed E-state index contributed by atoms with van der Waals surface area (Å²) in [6.07, 6.45) is 1.48. The third kappa shape index (κ3) is 2.99. The molecule has 1 aromatic heterocycles. The highest BCUT2D eigenvalue weighted by Gasteiger charge is 2.29. The van der Waals surface area contributed by atoms with E-state index in [1.54, 1.807) is 6.07 Å². The van der Waals surface area contributed by atoms with Gasteiger partial charge in [0.25, 0.3) is 5.91 Å². The van der Waals surface area contributed by atoms with Crippen LogP contribution < -0.4 is 16.4 Å². The zero-order valence-corrected chi connectivity index (χ0v) is 14.6. The molecule has 0 radical (unpaired) electrons. The molecule has 6 nitrogen and oxygen atoms in total. The predicted molar refractivity (Wildman–Crippen MR) is 102 cm³/mol. The van der Waals surface area contributed by atoms with Crippen LogP contribution in [0.4, 0.5) is 5.82 Å². The smallest absolute Gasteiger partial charge is 0.250 e. The third-order valence-electron chi connectivity index (χ3n) is 4.91. The number of hydrogen-bond acceptors (Lipinski definition) is 5. The topological polar surface area (TPSA) is 92.9 Å². The van der Waals surface area contributed by atoms with Crippen LogP contribution in [0.1, 0.15) is 27.4 Å². The molecular weight excluding hydrogens is 326 g/mol. The number of nitrogens with zero attached hydrogens (tertiary/aromatic N) is 2. The summed E-state index contributed by atoms with van der Waals surface area (Å²) in [5.74, 6) is 0.602. The number of aromatic nitrogens is 2. The second kappa shape index (κ2) is 6.72. The molecule has 1 amide bonds. The molecule has 26 heavy (non-hydrogen) atoms. The summed E-state index contributed by atoms with van der Waals surface area (Å²) in [7, 11) is 0. The van der Waals surface area contributed by atoms with Gasteiger partial charge in [0.05, 0.1) is 11.1 Å². The van der Waals surface area contributed by atoms with Crippen molar-refractivity contribution in [3.05, 3.63) is 65.5 Å². The molecule has 0 aliphatic carbocycles. The van der Waals surface area contributed by atoms with Gasteiger partial charge in [0, 0.05) is 30.4 Å². The zero-order valence-electron chi connectivity index (χ0n) is 14.6. The van der Waals surface area contributed by atoms with Crippen LogP contribution in [0.2, 0.25) is 0 Å². The Morgan fingerprint density at radius 2 is 2.00 bits per heavy atom. The lowest BCUT2D eigenvalue weighted by atomic mass is 9.94. The fourth-order valence-corrected chi connectivity index (χ4v) is 3.67. The number of rotatable bonds is 4. The quantitative estimate of drug-likeness (QED) is 0.673. The number of benzene rings is 2. The molecule has 132 valence electrons. The van der Waals surface area contributed by atoms with E-state index in [9.17, 15) is 4.79 Å². The predicted octanol–water partition coefficient (Wildman–Crippen LogP) is 2.20. The fraction of sp³-hybridized carbons (Fsp3) is 0.250. The molecule has 3 aromatic rings. The average molecular weight is 347 g/mol. The van der Waals surface area contributed by atoms with Gasteiger partial charge < -0.3 is 16.4 Å². The van der Waals surface area contributed by atoms with Crippen LogP contribution in [0.25, 0.3) is 10.9 Å².